The molecule has 0 spiro atoms. The van der Waals surface area contributed by atoms with Crippen LogP contribution in [0.4, 0.5) is 0 Å². The van der Waals surface area contributed by atoms with E-state index in [0.717, 1.165) is 18.4 Å². The zero-order valence-electron chi connectivity index (χ0n) is 13.7. The normalized spacial score (nSPS) is 21.0. The van der Waals surface area contributed by atoms with Gasteiger partial charge in [-0.15, -0.1) is 0 Å². The van der Waals surface area contributed by atoms with E-state index in [-0.39, 0.29) is 18.9 Å². The van der Waals surface area contributed by atoms with Crippen LogP contribution in [0.3, 0.4) is 0 Å². The third kappa shape index (κ3) is 5.09. The Hall–Kier alpha value is -2.28. The number of carbonyl (C=O) groups is 2. The number of thioether (sulfide) groups is 1. The molecular formula is C18H20N2O4S. The van der Waals surface area contributed by atoms with E-state index in [0.29, 0.717) is 21.9 Å². The smallest absolute Gasteiger partial charge is 0.306 e. The Morgan fingerprint density at radius 1 is 1.32 bits per heavy atom. The van der Waals surface area contributed by atoms with E-state index < -0.39 is 5.97 Å². The fourth-order valence-corrected chi connectivity index (χ4v) is 3.65. The summed E-state index contributed by atoms with van der Waals surface area (Å²) < 4.78 is 5.35. The summed E-state index contributed by atoms with van der Waals surface area (Å²) in [6.45, 7) is 0.134. The number of carboxylic acid groups (broad SMARTS) is 1. The minimum atomic E-state index is -0.888. The maximum absolute atomic E-state index is 12.1. The van der Waals surface area contributed by atoms with Crippen molar-refractivity contribution in [3.63, 3.8) is 0 Å². The molecule has 3 rings (SSSR count). The van der Waals surface area contributed by atoms with Crippen molar-refractivity contribution in [1.82, 2.24) is 5.32 Å². The third-order valence-electron chi connectivity index (χ3n) is 4.04. The Kier molecular flexibility index (Phi) is 5.75. The fourth-order valence-electron chi connectivity index (χ4n) is 2.76. The van der Waals surface area contributed by atoms with Crippen molar-refractivity contribution in [2.75, 3.05) is 6.61 Å². The lowest BCUT2D eigenvalue weighted by Gasteiger charge is -2.04. The zero-order chi connectivity index (χ0) is 17.6. The predicted molar refractivity (Wildman–Crippen MR) is 97.6 cm³/mol. The Morgan fingerprint density at radius 3 is 2.72 bits per heavy atom. The van der Waals surface area contributed by atoms with Gasteiger partial charge in [0.25, 0.3) is 5.91 Å². The second-order valence-electron chi connectivity index (χ2n) is 6.00. The average molecular weight is 360 g/mol. The van der Waals surface area contributed by atoms with Gasteiger partial charge in [0.05, 0.1) is 24.0 Å². The number of amidine groups is 1. The summed E-state index contributed by atoms with van der Waals surface area (Å²) in [7, 11) is 0. The van der Waals surface area contributed by atoms with Gasteiger partial charge in [-0.05, 0) is 48.4 Å². The SMILES string of the molecule is O=C(O)CCOc1ccc(C=C2SC(=NC3CCCC3)NC2=O)cc1. The number of rotatable bonds is 6. The van der Waals surface area contributed by atoms with Crippen LogP contribution in [-0.2, 0) is 9.59 Å². The molecule has 1 aliphatic carbocycles. The van der Waals surface area contributed by atoms with Crippen molar-refractivity contribution in [3.05, 3.63) is 34.7 Å². The molecule has 25 heavy (non-hydrogen) atoms. The van der Waals surface area contributed by atoms with Gasteiger partial charge in [-0.2, -0.15) is 0 Å². The number of hydrogen-bond acceptors (Lipinski definition) is 5. The second-order valence-corrected chi connectivity index (χ2v) is 7.03. The summed E-state index contributed by atoms with van der Waals surface area (Å²) >= 11 is 1.38. The molecule has 1 aromatic rings. The number of hydrogen-bond donors (Lipinski definition) is 2. The number of aliphatic imine (C=N–C) groups is 1. The molecule has 0 atom stereocenters. The summed E-state index contributed by atoms with van der Waals surface area (Å²) in [6, 6.07) is 7.54. The van der Waals surface area contributed by atoms with Gasteiger partial charge >= 0.3 is 5.97 Å². The van der Waals surface area contributed by atoms with Crippen molar-refractivity contribution < 1.29 is 19.4 Å². The molecule has 1 heterocycles. The van der Waals surface area contributed by atoms with Gasteiger partial charge in [0.2, 0.25) is 0 Å². The molecule has 1 aromatic carbocycles. The van der Waals surface area contributed by atoms with E-state index in [1.54, 1.807) is 12.1 Å². The van der Waals surface area contributed by atoms with Crippen molar-refractivity contribution in [3.8, 4) is 5.75 Å². The van der Waals surface area contributed by atoms with Crippen LogP contribution in [0.5, 0.6) is 5.75 Å². The highest BCUT2D eigenvalue weighted by atomic mass is 32.2. The van der Waals surface area contributed by atoms with Crippen LogP contribution in [0.25, 0.3) is 6.08 Å². The molecule has 1 saturated carbocycles. The van der Waals surface area contributed by atoms with Gasteiger partial charge in [0, 0.05) is 0 Å². The Morgan fingerprint density at radius 2 is 2.04 bits per heavy atom. The lowest BCUT2D eigenvalue weighted by atomic mass is 10.2. The lowest BCUT2D eigenvalue weighted by Crippen LogP contribution is -2.21. The maximum atomic E-state index is 12.1. The van der Waals surface area contributed by atoms with E-state index in [9.17, 15) is 9.59 Å². The van der Waals surface area contributed by atoms with Gasteiger partial charge in [-0.3, -0.25) is 14.6 Å². The summed E-state index contributed by atoms with van der Waals surface area (Å²) in [4.78, 5) is 27.8. The first-order valence-corrected chi connectivity index (χ1v) is 9.15. The maximum Gasteiger partial charge on any atom is 0.306 e. The molecule has 2 aliphatic rings. The van der Waals surface area contributed by atoms with Crippen molar-refractivity contribution in [2.45, 2.75) is 38.1 Å². The molecular weight excluding hydrogens is 340 g/mol. The molecule has 0 radical (unpaired) electrons. The van der Waals surface area contributed by atoms with Crippen molar-refractivity contribution in [2.24, 2.45) is 4.99 Å². The van der Waals surface area contributed by atoms with E-state index in [1.807, 2.05) is 18.2 Å². The summed E-state index contributed by atoms with van der Waals surface area (Å²) in [6.07, 6.45) is 6.40. The summed E-state index contributed by atoms with van der Waals surface area (Å²) in [5.41, 5.74) is 0.880. The highest BCUT2D eigenvalue weighted by Crippen LogP contribution is 2.29. The first kappa shape index (κ1) is 17.5. The molecule has 1 aliphatic heterocycles. The highest BCUT2D eigenvalue weighted by molar-refractivity contribution is 8.18. The molecule has 0 aromatic heterocycles. The molecule has 132 valence electrons. The second kappa shape index (κ2) is 8.20. The standard InChI is InChI=1S/C18H20N2O4S/c21-16(22)9-10-24-14-7-5-12(6-8-14)11-15-17(23)20-18(25-15)19-13-3-1-2-4-13/h5-8,11,13H,1-4,9-10H2,(H,21,22)(H,19,20,23). The molecule has 1 amide bonds. The molecule has 7 heteroatoms. The number of nitrogens with zero attached hydrogens (tertiary/aromatic N) is 1. The van der Waals surface area contributed by atoms with Crippen LogP contribution in [-0.4, -0.2) is 34.8 Å². The van der Waals surface area contributed by atoms with Crippen LogP contribution >= 0.6 is 11.8 Å². The minimum absolute atomic E-state index is 0.0360. The van der Waals surface area contributed by atoms with Crippen molar-refractivity contribution in [1.29, 1.82) is 0 Å². The van der Waals surface area contributed by atoms with Crippen LogP contribution in [0.1, 0.15) is 37.7 Å². The number of amides is 1. The number of nitrogens with one attached hydrogen (secondary N) is 1. The summed E-state index contributed by atoms with van der Waals surface area (Å²) in [5.74, 6) is -0.403. The molecule has 2 fully saturated rings. The largest absolute Gasteiger partial charge is 0.493 e. The van der Waals surface area contributed by atoms with Crippen LogP contribution in [0.2, 0.25) is 0 Å². The number of aliphatic carboxylic acids is 1. The first-order valence-electron chi connectivity index (χ1n) is 8.33. The number of carboxylic acids is 1. The molecule has 0 unspecified atom stereocenters. The zero-order valence-corrected chi connectivity index (χ0v) is 14.6. The van der Waals surface area contributed by atoms with Gasteiger partial charge in [0.1, 0.15) is 5.75 Å². The Balaban J connectivity index is 1.60. The Bertz CT molecular complexity index is 706. The quantitative estimate of drug-likeness (QED) is 0.761. The van der Waals surface area contributed by atoms with Crippen LogP contribution < -0.4 is 10.1 Å². The Labute approximate surface area is 150 Å². The molecule has 0 bridgehead atoms. The number of ether oxygens (including phenoxy) is 1. The van der Waals surface area contributed by atoms with E-state index >= 15 is 0 Å². The van der Waals surface area contributed by atoms with Crippen LogP contribution in [0, 0.1) is 0 Å². The molecule has 1 saturated heterocycles. The fraction of sp³-hybridized carbons (Fsp3) is 0.389. The molecule has 2 N–H and O–H groups in total. The van der Waals surface area contributed by atoms with E-state index in [2.05, 4.69) is 10.3 Å². The lowest BCUT2D eigenvalue weighted by molar-refractivity contribution is -0.137. The van der Waals surface area contributed by atoms with Crippen LogP contribution in [0.15, 0.2) is 34.2 Å². The van der Waals surface area contributed by atoms with E-state index in [1.165, 1.54) is 24.6 Å². The van der Waals surface area contributed by atoms with Gasteiger partial charge < -0.3 is 15.2 Å². The minimum Gasteiger partial charge on any atom is -0.493 e. The monoisotopic (exact) mass is 360 g/mol. The molecule has 6 nitrogen and oxygen atoms in total. The van der Waals surface area contributed by atoms with Crippen molar-refractivity contribution >= 4 is 34.9 Å². The number of benzene rings is 1. The average Bonchev–Trinajstić information content (AvgIpc) is 3.19. The topological polar surface area (TPSA) is 88.0 Å². The first-order chi connectivity index (χ1) is 12.1. The van der Waals surface area contributed by atoms with Gasteiger partial charge in [-0.25, -0.2) is 0 Å². The predicted octanol–water partition coefficient (Wildman–Crippen LogP) is 3.04. The summed E-state index contributed by atoms with van der Waals surface area (Å²) in [5, 5.41) is 12.1. The highest BCUT2D eigenvalue weighted by Gasteiger charge is 2.25. The third-order valence-corrected chi connectivity index (χ3v) is 4.96. The number of carbonyl (C=O) groups excluding carboxylic acids is 1. The van der Waals surface area contributed by atoms with Gasteiger partial charge in [-0.1, -0.05) is 25.0 Å². The van der Waals surface area contributed by atoms with E-state index in [4.69, 9.17) is 9.84 Å². The van der Waals surface area contributed by atoms with Gasteiger partial charge in [0.15, 0.2) is 5.17 Å².